The van der Waals surface area contributed by atoms with Gasteiger partial charge in [-0.25, -0.2) is 0 Å². The highest BCUT2D eigenvalue weighted by atomic mass is 16.5. The van der Waals surface area contributed by atoms with E-state index < -0.39 is 0 Å². The Morgan fingerprint density at radius 2 is 1.60 bits per heavy atom. The van der Waals surface area contributed by atoms with Gasteiger partial charge in [0.1, 0.15) is 5.75 Å². The number of aryl methyl sites for hydroxylation is 2. The summed E-state index contributed by atoms with van der Waals surface area (Å²) in [6, 6.07) is 4.08. The molecule has 0 aliphatic carbocycles. The lowest BCUT2D eigenvalue weighted by molar-refractivity contribution is -0.139. The van der Waals surface area contributed by atoms with Gasteiger partial charge in [-0.15, -0.1) is 0 Å². The molecule has 1 aliphatic heterocycles. The lowest BCUT2D eigenvalue weighted by atomic mass is 10.0. The number of benzene rings is 1. The lowest BCUT2D eigenvalue weighted by Gasteiger charge is -2.35. The van der Waals surface area contributed by atoms with E-state index in [9.17, 15) is 9.59 Å². The fraction of sp³-hybridized carbons (Fsp3) is 0.600. The average molecular weight is 346 g/mol. The van der Waals surface area contributed by atoms with Crippen LogP contribution in [0.2, 0.25) is 0 Å². The third-order valence-electron chi connectivity index (χ3n) is 4.61. The number of amides is 2. The van der Waals surface area contributed by atoms with Crippen molar-refractivity contribution >= 4 is 11.8 Å². The van der Waals surface area contributed by atoms with Crippen molar-refractivity contribution in [3.8, 4) is 5.75 Å². The predicted molar refractivity (Wildman–Crippen MR) is 98.8 cm³/mol. The summed E-state index contributed by atoms with van der Waals surface area (Å²) in [6.45, 7) is 10.6. The van der Waals surface area contributed by atoms with Crippen LogP contribution in [0, 0.1) is 19.8 Å². The summed E-state index contributed by atoms with van der Waals surface area (Å²) >= 11 is 0. The van der Waals surface area contributed by atoms with Crippen LogP contribution < -0.4 is 4.74 Å². The topological polar surface area (TPSA) is 49.9 Å². The highest BCUT2D eigenvalue weighted by molar-refractivity contribution is 5.81. The Bertz CT molecular complexity index is 632. The fourth-order valence-electron chi connectivity index (χ4n) is 3.42. The molecule has 1 aromatic carbocycles. The minimum Gasteiger partial charge on any atom is -0.496 e. The number of carbonyl (C=O) groups excluding carboxylic acids is 2. The molecule has 5 nitrogen and oxygen atoms in total. The molecule has 0 atom stereocenters. The molecule has 5 heteroatoms. The Balaban J connectivity index is 1.97. The lowest BCUT2D eigenvalue weighted by Crippen LogP contribution is -2.51. The number of nitrogens with zero attached hydrogens (tertiary/aromatic N) is 2. The number of piperazine rings is 1. The summed E-state index contributed by atoms with van der Waals surface area (Å²) in [5.41, 5.74) is 3.11. The van der Waals surface area contributed by atoms with Crippen LogP contribution in [0.25, 0.3) is 0 Å². The molecule has 0 spiro atoms. The minimum absolute atomic E-state index is 0.0965. The van der Waals surface area contributed by atoms with E-state index >= 15 is 0 Å². The molecule has 1 aromatic rings. The third-order valence-corrected chi connectivity index (χ3v) is 4.61. The molecule has 0 aromatic heterocycles. The molecular formula is C20H30N2O3. The van der Waals surface area contributed by atoms with Gasteiger partial charge >= 0.3 is 0 Å². The van der Waals surface area contributed by atoms with E-state index in [0.717, 1.165) is 22.4 Å². The number of hydrogen-bond acceptors (Lipinski definition) is 3. The molecule has 1 heterocycles. The van der Waals surface area contributed by atoms with Gasteiger partial charge in [0.2, 0.25) is 11.8 Å². The van der Waals surface area contributed by atoms with Crippen molar-refractivity contribution in [1.82, 2.24) is 9.80 Å². The van der Waals surface area contributed by atoms with E-state index in [1.54, 1.807) is 7.11 Å². The number of hydrogen-bond donors (Lipinski definition) is 0. The van der Waals surface area contributed by atoms with Crippen molar-refractivity contribution < 1.29 is 14.3 Å². The van der Waals surface area contributed by atoms with E-state index in [2.05, 4.69) is 19.9 Å². The van der Waals surface area contributed by atoms with Gasteiger partial charge in [0, 0.05) is 38.2 Å². The van der Waals surface area contributed by atoms with Crippen molar-refractivity contribution in [1.29, 1.82) is 0 Å². The molecule has 138 valence electrons. The first kappa shape index (κ1) is 19.3. The summed E-state index contributed by atoms with van der Waals surface area (Å²) in [6.07, 6.45) is 0.916. The van der Waals surface area contributed by atoms with E-state index in [4.69, 9.17) is 4.74 Å². The van der Waals surface area contributed by atoms with Crippen LogP contribution in [0.4, 0.5) is 0 Å². The second kappa shape index (κ2) is 8.37. The third kappa shape index (κ3) is 4.97. The van der Waals surface area contributed by atoms with Crippen LogP contribution in [-0.2, 0) is 16.0 Å². The van der Waals surface area contributed by atoms with Crippen LogP contribution in [-0.4, -0.2) is 54.9 Å². The van der Waals surface area contributed by atoms with Gasteiger partial charge in [0.15, 0.2) is 0 Å². The maximum absolute atomic E-state index is 12.7. The standard InChI is InChI=1S/C20H30N2O3/c1-14(2)10-18(23)21-6-8-22(9-7-21)19(24)13-17-12-15(3)11-16(4)20(17)25-5/h11-12,14H,6-10,13H2,1-5H3. The van der Waals surface area contributed by atoms with Gasteiger partial charge in [0.25, 0.3) is 0 Å². The van der Waals surface area contributed by atoms with Crippen molar-refractivity contribution in [2.45, 2.75) is 40.5 Å². The van der Waals surface area contributed by atoms with Crippen LogP contribution >= 0.6 is 0 Å². The summed E-state index contributed by atoms with van der Waals surface area (Å²) in [5.74, 6) is 1.45. The first-order valence-corrected chi connectivity index (χ1v) is 9.01. The van der Waals surface area contributed by atoms with Gasteiger partial charge < -0.3 is 14.5 Å². The van der Waals surface area contributed by atoms with Crippen molar-refractivity contribution in [3.63, 3.8) is 0 Å². The van der Waals surface area contributed by atoms with Crippen LogP contribution in [0.1, 0.15) is 37.0 Å². The zero-order valence-corrected chi connectivity index (χ0v) is 16.1. The van der Waals surface area contributed by atoms with Gasteiger partial charge in [-0.1, -0.05) is 31.5 Å². The molecule has 0 radical (unpaired) electrons. The van der Waals surface area contributed by atoms with Gasteiger partial charge in [0.05, 0.1) is 13.5 Å². The quantitative estimate of drug-likeness (QED) is 0.823. The number of carbonyl (C=O) groups is 2. The summed E-state index contributed by atoms with van der Waals surface area (Å²) in [5, 5.41) is 0. The van der Waals surface area contributed by atoms with Crippen molar-refractivity contribution in [3.05, 3.63) is 28.8 Å². The molecule has 2 rings (SSSR count). The zero-order chi connectivity index (χ0) is 18.6. The Morgan fingerprint density at radius 3 is 2.12 bits per heavy atom. The monoisotopic (exact) mass is 346 g/mol. The van der Waals surface area contributed by atoms with Crippen molar-refractivity contribution in [2.24, 2.45) is 5.92 Å². The smallest absolute Gasteiger partial charge is 0.227 e. The van der Waals surface area contributed by atoms with Crippen LogP contribution in [0.3, 0.4) is 0 Å². The van der Waals surface area contributed by atoms with Gasteiger partial charge in [-0.05, 0) is 25.3 Å². The average Bonchev–Trinajstić information content (AvgIpc) is 2.54. The summed E-state index contributed by atoms with van der Waals surface area (Å²) < 4.78 is 5.48. The highest BCUT2D eigenvalue weighted by Crippen LogP contribution is 2.26. The van der Waals surface area contributed by atoms with Gasteiger partial charge in [-0.3, -0.25) is 9.59 Å². The number of methoxy groups -OCH3 is 1. The van der Waals surface area contributed by atoms with E-state index in [1.807, 2.05) is 29.7 Å². The SMILES string of the molecule is COc1c(C)cc(C)cc1CC(=O)N1CCN(C(=O)CC(C)C)CC1. The Labute approximate surface area is 150 Å². The Hall–Kier alpha value is -2.04. The van der Waals surface area contributed by atoms with Gasteiger partial charge in [-0.2, -0.15) is 0 Å². The van der Waals surface area contributed by atoms with Crippen molar-refractivity contribution in [2.75, 3.05) is 33.3 Å². The maximum Gasteiger partial charge on any atom is 0.227 e. The van der Waals surface area contributed by atoms with E-state index in [-0.39, 0.29) is 11.8 Å². The Morgan fingerprint density at radius 1 is 1.04 bits per heavy atom. The Kier molecular flexibility index (Phi) is 6.45. The van der Waals surface area contributed by atoms with E-state index in [1.165, 1.54) is 0 Å². The highest BCUT2D eigenvalue weighted by Gasteiger charge is 2.25. The predicted octanol–water partition coefficient (Wildman–Crippen LogP) is 2.57. The second-order valence-electron chi connectivity index (χ2n) is 7.31. The molecular weight excluding hydrogens is 316 g/mol. The van der Waals surface area contributed by atoms with E-state index in [0.29, 0.717) is 44.9 Å². The first-order valence-electron chi connectivity index (χ1n) is 9.01. The molecule has 0 bridgehead atoms. The molecule has 0 unspecified atom stereocenters. The number of ether oxygens (including phenoxy) is 1. The molecule has 0 N–H and O–H groups in total. The second-order valence-corrected chi connectivity index (χ2v) is 7.31. The van der Waals surface area contributed by atoms with Crippen LogP contribution in [0.15, 0.2) is 12.1 Å². The summed E-state index contributed by atoms with van der Waals surface area (Å²) in [4.78, 5) is 28.6. The normalized spacial score (nSPS) is 14.8. The summed E-state index contributed by atoms with van der Waals surface area (Å²) in [7, 11) is 1.64. The first-order chi connectivity index (χ1) is 11.8. The van der Waals surface area contributed by atoms with Crippen LogP contribution in [0.5, 0.6) is 5.75 Å². The molecule has 0 saturated carbocycles. The minimum atomic E-state index is 0.0965. The zero-order valence-electron chi connectivity index (χ0n) is 16.1. The molecule has 25 heavy (non-hydrogen) atoms. The molecule has 1 aliphatic rings. The fourth-order valence-corrected chi connectivity index (χ4v) is 3.42. The molecule has 1 fully saturated rings. The number of rotatable bonds is 5. The molecule has 2 amide bonds. The molecule has 1 saturated heterocycles. The largest absolute Gasteiger partial charge is 0.496 e. The maximum atomic E-state index is 12.7.